The van der Waals surface area contributed by atoms with E-state index in [1.165, 1.54) is 0 Å². The Morgan fingerprint density at radius 3 is 1.84 bits per heavy atom. The van der Waals surface area contributed by atoms with Gasteiger partial charge in [-0.2, -0.15) is 0 Å². The van der Waals surface area contributed by atoms with E-state index in [2.05, 4.69) is 49.4 Å². The van der Waals surface area contributed by atoms with E-state index in [0.717, 1.165) is 36.2 Å². The molecule has 0 fully saturated rings. The number of carbonyl (C=O) groups is 2. The highest BCUT2D eigenvalue weighted by Crippen LogP contribution is 2.37. The Morgan fingerprint density at radius 2 is 1.27 bits per heavy atom. The van der Waals surface area contributed by atoms with Crippen LogP contribution in [0.1, 0.15) is 55.4 Å². The fourth-order valence-electron chi connectivity index (χ4n) is 4.65. The van der Waals surface area contributed by atoms with Crippen LogP contribution in [0.15, 0.2) is 69.6 Å². The number of nitrogens with one attached hydrogen (secondary N) is 2. The van der Waals surface area contributed by atoms with Gasteiger partial charge in [-0.25, -0.2) is 4.39 Å². The molecule has 14 heteroatoms. The standard InChI is InChI=1S/C19H20Cl3NO3.C18H18Br2FNO3/c1-2-8-23-16-5-3-4-13(18(16)22)11-26-19-14(20)9-12(10-15(19)21)6-7-17(24)25;1-2-6-22-15-5-3-4-12(17(15)21)10-25-18-13(19)7-11(8-14(18)20)9-16(23)24/h3-5,9-10,23H,2,6-8,11H2,1H3,(H,24,25);3-5,7-8,22H,2,6,9-10H2,1H3,(H,23,24). The van der Waals surface area contributed by atoms with Crippen LogP contribution in [-0.2, 0) is 35.6 Å². The number of aryl methyl sites for hydroxylation is 1. The molecule has 0 heterocycles. The van der Waals surface area contributed by atoms with Crippen molar-refractivity contribution in [2.24, 2.45) is 0 Å². The van der Waals surface area contributed by atoms with Crippen molar-refractivity contribution in [3.63, 3.8) is 0 Å². The number of aliphatic carboxylic acids is 2. The van der Waals surface area contributed by atoms with Gasteiger partial charge in [-0.05, 0) is 98.6 Å². The Kier molecular flexibility index (Phi) is 17.7. The summed E-state index contributed by atoms with van der Waals surface area (Å²) < 4.78 is 27.2. The lowest BCUT2D eigenvalue weighted by molar-refractivity contribution is -0.137. The summed E-state index contributed by atoms with van der Waals surface area (Å²) in [5.41, 5.74) is 3.95. The largest absolute Gasteiger partial charge is 0.486 e. The van der Waals surface area contributed by atoms with Gasteiger partial charge in [0.25, 0.3) is 0 Å². The third kappa shape index (κ3) is 13.4. The summed E-state index contributed by atoms with van der Waals surface area (Å²) in [6.07, 6.45) is 2.18. The van der Waals surface area contributed by atoms with Crippen molar-refractivity contribution < 1.29 is 33.7 Å². The Bertz CT molecular complexity index is 1770. The van der Waals surface area contributed by atoms with Crippen LogP contribution in [0, 0.1) is 5.82 Å². The maximum atomic E-state index is 14.5. The molecule has 0 atom stereocenters. The minimum absolute atomic E-state index is 0.0139. The average molecular weight is 892 g/mol. The molecular formula is C37H38Br2Cl3FN2O6. The van der Waals surface area contributed by atoms with Gasteiger partial charge in [0.15, 0.2) is 11.6 Å². The van der Waals surface area contributed by atoms with Crippen LogP contribution >= 0.6 is 66.7 Å². The predicted octanol–water partition coefficient (Wildman–Crippen LogP) is 11.4. The summed E-state index contributed by atoms with van der Waals surface area (Å²) in [6.45, 7) is 5.90. The lowest BCUT2D eigenvalue weighted by Crippen LogP contribution is -2.06. The zero-order valence-corrected chi connectivity index (χ0v) is 33.4. The van der Waals surface area contributed by atoms with Crippen LogP contribution in [0.25, 0.3) is 0 Å². The van der Waals surface area contributed by atoms with E-state index < -0.39 is 11.9 Å². The first-order chi connectivity index (χ1) is 24.3. The maximum absolute atomic E-state index is 14.5. The van der Waals surface area contributed by atoms with Crippen LogP contribution in [-0.4, -0.2) is 35.2 Å². The van der Waals surface area contributed by atoms with Crippen molar-refractivity contribution in [2.75, 3.05) is 23.7 Å². The summed E-state index contributed by atoms with van der Waals surface area (Å²) in [4.78, 5) is 21.5. The van der Waals surface area contributed by atoms with Gasteiger partial charge in [0.05, 0.1) is 41.8 Å². The molecule has 0 saturated heterocycles. The molecule has 0 aromatic heterocycles. The highest BCUT2D eigenvalue weighted by atomic mass is 79.9. The second-order valence-corrected chi connectivity index (χ2v) is 14.1. The number of ether oxygens (including phenoxy) is 2. The van der Waals surface area contributed by atoms with E-state index in [0.29, 0.717) is 65.3 Å². The number of carboxylic acids is 2. The molecule has 0 amide bonds. The fourth-order valence-corrected chi connectivity index (χ4v) is 7.05. The van der Waals surface area contributed by atoms with E-state index in [-0.39, 0.29) is 31.9 Å². The van der Waals surface area contributed by atoms with Gasteiger partial charge in [0, 0.05) is 30.6 Å². The first kappa shape index (κ1) is 42.2. The van der Waals surface area contributed by atoms with Gasteiger partial charge in [-0.1, -0.05) is 72.9 Å². The topological polar surface area (TPSA) is 117 Å². The van der Waals surface area contributed by atoms with Crippen molar-refractivity contribution in [1.29, 1.82) is 0 Å². The van der Waals surface area contributed by atoms with Gasteiger partial charge in [0.2, 0.25) is 0 Å². The van der Waals surface area contributed by atoms with E-state index >= 15 is 0 Å². The van der Waals surface area contributed by atoms with Crippen LogP contribution in [0.5, 0.6) is 11.5 Å². The first-order valence-electron chi connectivity index (χ1n) is 16.0. The fraction of sp³-hybridized carbons (Fsp3) is 0.297. The van der Waals surface area contributed by atoms with Crippen molar-refractivity contribution in [1.82, 2.24) is 0 Å². The highest BCUT2D eigenvalue weighted by Gasteiger charge is 2.15. The number of anilines is 2. The molecule has 274 valence electrons. The number of benzene rings is 4. The maximum Gasteiger partial charge on any atom is 0.307 e. The lowest BCUT2D eigenvalue weighted by atomic mass is 10.1. The van der Waals surface area contributed by atoms with Crippen molar-refractivity contribution in [2.45, 2.75) is 59.2 Å². The van der Waals surface area contributed by atoms with Crippen LogP contribution < -0.4 is 20.1 Å². The molecule has 4 aromatic rings. The molecule has 0 aliphatic heterocycles. The van der Waals surface area contributed by atoms with Crippen molar-refractivity contribution in [3.05, 3.63) is 113 Å². The van der Waals surface area contributed by atoms with Crippen molar-refractivity contribution >= 4 is 90.0 Å². The molecule has 0 radical (unpaired) electrons. The number of halogens is 6. The number of carboxylic acid groups (broad SMARTS) is 2. The first-order valence-corrected chi connectivity index (χ1v) is 18.7. The molecule has 0 saturated carbocycles. The lowest BCUT2D eigenvalue weighted by Gasteiger charge is -2.14. The Morgan fingerprint density at radius 1 is 0.745 bits per heavy atom. The average Bonchev–Trinajstić information content (AvgIpc) is 3.07. The Balaban J connectivity index is 0.000000276. The SMILES string of the molecule is CCCNc1cccc(COc2c(Br)cc(CC(=O)O)cc2Br)c1F.CCCNc1cccc(COc2c(Cl)cc(CCC(=O)O)cc2Cl)c1Cl. The van der Waals surface area contributed by atoms with E-state index in [4.69, 9.17) is 54.5 Å². The third-order valence-corrected chi connectivity index (χ3v) is 9.32. The van der Waals surface area contributed by atoms with Crippen LogP contribution in [0.2, 0.25) is 15.1 Å². The molecule has 4 rings (SSSR count). The summed E-state index contributed by atoms with van der Waals surface area (Å²) in [7, 11) is 0. The normalized spacial score (nSPS) is 10.6. The van der Waals surface area contributed by atoms with Gasteiger partial charge in [-0.3, -0.25) is 9.59 Å². The van der Waals surface area contributed by atoms with E-state index in [1.54, 1.807) is 42.5 Å². The zero-order valence-electron chi connectivity index (χ0n) is 27.9. The summed E-state index contributed by atoms with van der Waals surface area (Å²) in [6, 6.07) is 17.6. The number of hydrogen-bond donors (Lipinski definition) is 4. The minimum atomic E-state index is -0.911. The Labute approximate surface area is 328 Å². The third-order valence-electron chi connectivity index (χ3n) is 7.13. The summed E-state index contributed by atoms with van der Waals surface area (Å²) in [5.74, 6) is -1.25. The molecule has 4 N–H and O–H groups in total. The van der Waals surface area contributed by atoms with Gasteiger partial charge in [-0.15, -0.1) is 0 Å². The van der Waals surface area contributed by atoms with E-state index in [9.17, 15) is 14.0 Å². The molecule has 0 unspecified atom stereocenters. The van der Waals surface area contributed by atoms with Crippen molar-refractivity contribution in [3.8, 4) is 11.5 Å². The second kappa shape index (κ2) is 21.3. The van der Waals surface area contributed by atoms with E-state index in [1.807, 2.05) is 25.1 Å². The number of hydrogen-bond acceptors (Lipinski definition) is 6. The molecule has 0 spiro atoms. The highest BCUT2D eigenvalue weighted by molar-refractivity contribution is 9.11. The monoisotopic (exact) mass is 888 g/mol. The molecule has 51 heavy (non-hydrogen) atoms. The quantitative estimate of drug-likeness (QED) is 0.0828. The van der Waals surface area contributed by atoms with Crippen LogP contribution in [0.3, 0.4) is 0 Å². The molecule has 4 aromatic carbocycles. The molecule has 8 nitrogen and oxygen atoms in total. The molecular weight excluding hydrogens is 854 g/mol. The summed E-state index contributed by atoms with van der Waals surface area (Å²) in [5, 5.41) is 25.2. The smallest absolute Gasteiger partial charge is 0.307 e. The minimum Gasteiger partial charge on any atom is -0.486 e. The molecule has 0 aliphatic rings. The van der Waals surface area contributed by atoms with Crippen LogP contribution in [0.4, 0.5) is 15.8 Å². The molecule has 0 bridgehead atoms. The van der Waals surface area contributed by atoms with Gasteiger partial charge >= 0.3 is 11.9 Å². The summed E-state index contributed by atoms with van der Waals surface area (Å²) >= 11 is 25.7. The van der Waals surface area contributed by atoms with Gasteiger partial charge < -0.3 is 30.3 Å². The zero-order chi connectivity index (χ0) is 37.5. The predicted molar refractivity (Wildman–Crippen MR) is 210 cm³/mol. The Hall–Kier alpha value is -3.22. The van der Waals surface area contributed by atoms with Gasteiger partial charge in [0.1, 0.15) is 19.0 Å². The second-order valence-electron chi connectivity index (χ2n) is 11.2. The number of rotatable bonds is 17. The molecule has 0 aliphatic carbocycles.